The largest absolute Gasteiger partial charge is 0.507 e. The molecule has 0 spiro atoms. The van der Waals surface area contributed by atoms with E-state index in [0.717, 1.165) is 13.0 Å². The van der Waals surface area contributed by atoms with Crippen LogP contribution >= 0.6 is 0 Å². The highest BCUT2D eigenvalue weighted by Crippen LogP contribution is 2.30. The number of aromatic hydroxyl groups is 1. The molecule has 1 aliphatic rings. The van der Waals surface area contributed by atoms with Crippen molar-refractivity contribution in [2.45, 2.75) is 24.9 Å². The van der Waals surface area contributed by atoms with Crippen molar-refractivity contribution >= 4 is 17.6 Å². The minimum absolute atomic E-state index is 0.0904. The van der Waals surface area contributed by atoms with Crippen LogP contribution in [0, 0.1) is 5.82 Å². The van der Waals surface area contributed by atoms with Gasteiger partial charge in [0.25, 0.3) is 11.8 Å². The van der Waals surface area contributed by atoms with E-state index in [-0.39, 0.29) is 46.5 Å². The molecular weight excluding hydrogens is 481 g/mol. The third-order valence-electron chi connectivity index (χ3n) is 6.11. The van der Waals surface area contributed by atoms with Gasteiger partial charge >= 0.3 is 0 Å². The zero-order chi connectivity index (χ0) is 26.4. The van der Waals surface area contributed by atoms with E-state index in [0.29, 0.717) is 13.0 Å². The van der Waals surface area contributed by atoms with Crippen LogP contribution in [0.1, 0.15) is 49.6 Å². The van der Waals surface area contributed by atoms with Gasteiger partial charge in [-0.05, 0) is 49.7 Å². The topological polar surface area (TPSA) is 143 Å². The molecular formula is C26H26FN5O5. The van der Waals surface area contributed by atoms with Gasteiger partial charge in [-0.15, -0.1) is 0 Å². The van der Waals surface area contributed by atoms with Crippen molar-refractivity contribution in [1.82, 2.24) is 25.9 Å². The van der Waals surface area contributed by atoms with Crippen LogP contribution in [-0.2, 0) is 0 Å². The lowest BCUT2D eigenvalue weighted by atomic mass is 9.99. The number of carbonyl (C=O) groups is 3. The Balaban J connectivity index is 1.47. The van der Waals surface area contributed by atoms with Crippen LogP contribution in [0.5, 0.6) is 11.5 Å². The molecule has 4 N–H and O–H groups in total. The van der Waals surface area contributed by atoms with E-state index < -0.39 is 22.9 Å². The second-order valence-corrected chi connectivity index (χ2v) is 8.48. The van der Waals surface area contributed by atoms with Crippen LogP contribution in [0.3, 0.4) is 0 Å². The molecule has 1 aromatic heterocycles. The Kier molecular flexibility index (Phi) is 8.04. The van der Waals surface area contributed by atoms with Gasteiger partial charge in [-0.3, -0.25) is 14.4 Å². The fourth-order valence-electron chi connectivity index (χ4n) is 4.13. The third kappa shape index (κ3) is 5.89. The summed E-state index contributed by atoms with van der Waals surface area (Å²) in [5.41, 5.74) is 0.0884. The zero-order valence-electron chi connectivity index (χ0n) is 20.0. The molecule has 4 rings (SSSR count). The number of rotatable bonds is 7. The SMILES string of the molecule is COc1ccc(O)c(C(=O)c2ccc(C(=O)N[C@@H]3CCCNC[C@H]3NC(=O)c3ccncn3)cc2)c1F. The van der Waals surface area contributed by atoms with Gasteiger partial charge in [0.1, 0.15) is 23.3 Å². The molecule has 0 saturated carbocycles. The summed E-state index contributed by atoms with van der Waals surface area (Å²) >= 11 is 0. The Bertz CT molecular complexity index is 1290. The standard InChI is InChI=1S/C26H26FN5O5/c1-37-21-9-8-20(33)22(23(21)27)24(34)15-4-6-16(7-5-15)25(35)31-17-3-2-11-28-13-19(17)32-26(36)18-10-12-29-14-30-18/h4-10,12,14,17,19,28,33H,2-3,11,13H2,1H3,(H,31,35)(H,32,36)/t17-,19-/m1/s1. The Morgan fingerprint density at radius 2 is 1.76 bits per heavy atom. The number of nitrogens with zero attached hydrogens (tertiary/aromatic N) is 2. The summed E-state index contributed by atoms with van der Waals surface area (Å²) in [4.78, 5) is 46.2. The highest BCUT2D eigenvalue weighted by Gasteiger charge is 2.28. The van der Waals surface area contributed by atoms with Crippen LogP contribution in [0.15, 0.2) is 55.0 Å². The first-order valence-electron chi connectivity index (χ1n) is 11.7. The number of aromatic nitrogens is 2. The minimum atomic E-state index is -0.966. The quantitative estimate of drug-likeness (QED) is 0.355. The molecule has 192 valence electrons. The maximum atomic E-state index is 14.6. The first kappa shape index (κ1) is 25.7. The average Bonchev–Trinajstić information content (AvgIpc) is 3.14. The number of ether oxygens (including phenoxy) is 1. The normalized spacial score (nSPS) is 17.4. The number of nitrogens with one attached hydrogen (secondary N) is 3. The Morgan fingerprint density at radius 1 is 1.03 bits per heavy atom. The highest BCUT2D eigenvalue weighted by molar-refractivity contribution is 6.11. The van der Waals surface area contributed by atoms with Gasteiger partial charge in [-0.2, -0.15) is 0 Å². The summed E-state index contributed by atoms with van der Waals surface area (Å²) in [7, 11) is 1.26. The molecule has 2 heterocycles. The number of phenols is 1. The number of methoxy groups -OCH3 is 1. The number of carbonyl (C=O) groups excluding carboxylic acids is 3. The van der Waals surface area contributed by atoms with Crippen LogP contribution in [0.4, 0.5) is 4.39 Å². The molecule has 0 bridgehead atoms. The van der Waals surface area contributed by atoms with Crippen LogP contribution in [0.2, 0.25) is 0 Å². The van der Waals surface area contributed by atoms with Crippen molar-refractivity contribution in [2.24, 2.45) is 0 Å². The summed E-state index contributed by atoms with van der Waals surface area (Å²) < 4.78 is 19.5. The predicted molar refractivity (Wildman–Crippen MR) is 131 cm³/mol. The molecule has 11 heteroatoms. The monoisotopic (exact) mass is 507 g/mol. The van der Waals surface area contributed by atoms with Gasteiger partial charge in [0.2, 0.25) is 0 Å². The number of hydrogen-bond donors (Lipinski definition) is 4. The Labute approximate surface area is 212 Å². The minimum Gasteiger partial charge on any atom is -0.507 e. The van der Waals surface area contributed by atoms with E-state index in [2.05, 4.69) is 25.9 Å². The summed E-state index contributed by atoms with van der Waals surface area (Å²) in [6.07, 6.45) is 4.20. The Hall–Kier alpha value is -4.38. The van der Waals surface area contributed by atoms with E-state index in [1.165, 1.54) is 62.1 Å². The number of amides is 2. The molecule has 1 aliphatic heterocycles. The number of halogens is 1. The van der Waals surface area contributed by atoms with E-state index in [4.69, 9.17) is 4.74 Å². The number of ketones is 1. The van der Waals surface area contributed by atoms with E-state index in [1.807, 2.05) is 0 Å². The molecule has 1 saturated heterocycles. The van der Waals surface area contributed by atoms with Crippen molar-refractivity contribution in [3.8, 4) is 11.5 Å². The van der Waals surface area contributed by atoms with Gasteiger partial charge in [-0.25, -0.2) is 14.4 Å². The van der Waals surface area contributed by atoms with Crippen molar-refractivity contribution < 1.29 is 28.6 Å². The van der Waals surface area contributed by atoms with Crippen LogP contribution in [-0.4, -0.2) is 65.0 Å². The molecule has 0 unspecified atom stereocenters. The molecule has 1 fully saturated rings. The molecule has 3 aromatic rings. The smallest absolute Gasteiger partial charge is 0.270 e. The van der Waals surface area contributed by atoms with Crippen molar-refractivity contribution in [1.29, 1.82) is 0 Å². The maximum absolute atomic E-state index is 14.6. The molecule has 10 nitrogen and oxygen atoms in total. The predicted octanol–water partition coefficient (Wildman–Crippen LogP) is 1.84. The third-order valence-corrected chi connectivity index (χ3v) is 6.11. The number of phenolic OH excluding ortho intramolecular Hbond substituents is 1. The molecule has 0 aliphatic carbocycles. The summed E-state index contributed by atoms with van der Waals surface area (Å²) in [6, 6.07) is 8.85. The second-order valence-electron chi connectivity index (χ2n) is 8.48. The summed E-state index contributed by atoms with van der Waals surface area (Å²) in [5.74, 6) is -3.15. The number of benzene rings is 2. The fourth-order valence-corrected chi connectivity index (χ4v) is 4.13. The van der Waals surface area contributed by atoms with Gasteiger partial charge in [0, 0.05) is 23.9 Å². The lowest BCUT2D eigenvalue weighted by molar-refractivity contribution is 0.0880. The lowest BCUT2D eigenvalue weighted by Crippen LogP contribution is -2.54. The molecule has 2 atom stereocenters. The van der Waals surface area contributed by atoms with Crippen molar-refractivity contribution in [3.05, 3.63) is 83.2 Å². The summed E-state index contributed by atoms with van der Waals surface area (Å²) in [6.45, 7) is 1.21. The lowest BCUT2D eigenvalue weighted by Gasteiger charge is -2.27. The van der Waals surface area contributed by atoms with Crippen LogP contribution in [0.25, 0.3) is 0 Å². The molecule has 37 heavy (non-hydrogen) atoms. The highest BCUT2D eigenvalue weighted by atomic mass is 19.1. The van der Waals surface area contributed by atoms with Crippen LogP contribution < -0.4 is 20.7 Å². The molecule has 2 amide bonds. The van der Waals surface area contributed by atoms with Gasteiger partial charge < -0.3 is 25.8 Å². The average molecular weight is 508 g/mol. The van der Waals surface area contributed by atoms with Crippen molar-refractivity contribution in [2.75, 3.05) is 20.2 Å². The zero-order valence-corrected chi connectivity index (χ0v) is 20.0. The Morgan fingerprint density at radius 3 is 2.46 bits per heavy atom. The van der Waals surface area contributed by atoms with E-state index in [9.17, 15) is 23.9 Å². The fraction of sp³-hybridized carbons (Fsp3) is 0.269. The molecule has 2 aromatic carbocycles. The second kappa shape index (κ2) is 11.6. The van der Waals surface area contributed by atoms with Gasteiger partial charge in [-0.1, -0.05) is 12.1 Å². The maximum Gasteiger partial charge on any atom is 0.270 e. The van der Waals surface area contributed by atoms with E-state index in [1.54, 1.807) is 0 Å². The van der Waals surface area contributed by atoms with Crippen molar-refractivity contribution in [3.63, 3.8) is 0 Å². The molecule has 0 radical (unpaired) electrons. The number of hydrogen-bond acceptors (Lipinski definition) is 8. The summed E-state index contributed by atoms with van der Waals surface area (Å²) in [5, 5.41) is 19.2. The van der Waals surface area contributed by atoms with E-state index >= 15 is 0 Å². The van der Waals surface area contributed by atoms with Gasteiger partial charge in [0.05, 0.1) is 19.2 Å². The first-order valence-corrected chi connectivity index (χ1v) is 11.7. The van der Waals surface area contributed by atoms with Gasteiger partial charge in [0.15, 0.2) is 17.3 Å². The first-order chi connectivity index (χ1) is 17.9.